The molecule has 0 bridgehead atoms. The monoisotopic (exact) mass is 375 g/mol. The van der Waals surface area contributed by atoms with Gasteiger partial charge in [0, 0.05) is 12.1 Å². The lowest BCUT2D eigenvalue weighted by Crippen LogP contribution is -2.31. The minimum absolute atomic E-state index is 0.207. The van der Waals surface area contributed by atoms with Gasteiger partial charge in [0.05, 0.1) is 7.11 Å². The van der Waals surface area contributed by atoms with Crippen LogP contribution in [0.5, 0.6) is 17.2 Å². The van der Waals surface area contributed by atoms with Gasteiger partial charge in [-0.15, -0.1) is 0 Å². The fraction of sp³-hybridized carbons (Fsp3) is 0.250. The van der Waals surface area contributed by atoms with Gasteiger partial charge in [-0.25, -0.2) is 0 Å². The summed E-state index contributed by atoms with van der Waals surface area (Å²) in [4.78, 5) is 0. The number of fused-ring (bicyclic) bond motifs is 1. The SMILES string of the molecule is COc1ccc2c(c1)CCNC2Cc1cc(O)cc(OCc2ccccc2)c1. The molecular formula is C24H25NO3. The van der Waals surface area contributed by atoms with Gasteiger partial charge >= 0.3 is 0 Å². The fourth-order valence-corrected chi connectivity index (χ4v) is 3.76. The molecule has 28 heavy (non-hydrogen) atoms. The number of hydrogen-bond donors (Lipinski definition) is 2. The lowest BCUT2D eigenvalue weighted by molar-refractivity contribution is 0.304. The van der Waals surface area contributed by atoms with Gasteiger partial charge in [0.15, 0.2) is 0 Å². The zero-order valence-electron chi connectivity index (χ0n) is 16.0. The van der Waals surface area contributed by atoms with E-state index < -0.39 is 0 Å². The van der Waals surface area contributed by atoms with Crippen molar-refractivity contribution in [2.75, 3.05) is 13.7 Å². The summed E-state index contributed by atoms with van der Waals surface area (Å²) in [6, 6.07) is 22.0. The molecule has 0 saturated heterocycles. The summed E-state index contributed by atoms with van der Waals surface area (Å²) in [6.07, 6.45) is 1.78. The minimum Gasteiger partial charge on any atom is -0.508 e. The van der Waals surface area contributed by atoms with Crippen LogP contribution in [0.2, 0.25) is 0 Å². The highest BCUT2D eigenvalue weighted by Crippen LogP contribution is 2.31. The summed E-state index contributed by atoms with van der Waals surface area (Å²) >= 11 is 0. The lowest BCUT2D eigenvalue weighted by Gasteiger charge is -2.27. The van der Waals surface area contributed by atoms with Crippen molar-refractivity contribution < 1.29 is 14.6 Å². The quantitative estimate of drug-likeness (QED) is 0.670. The van der Waals surface area contributed by atoms with Gasteiger partial charge < -0.3 is 19.9 Å². The number of hydrogen-bond acceptors (Lipinski definition) is 4. The average Bonchev–Trinajstić information content (AvgIpc) is 2.72. The first-order chi connectivity index (χ1) is 13.7. The van der Waals surface area contributed by atoms with Crippen molar-refractivity contribution in [2.45, 2.75) is 25.5 Å². The molecular weight excluding hydrogens is 350 g/mol. The second-order valence-electron chi connectivity index (χ2n) is 7.14. The van der Waals surface area contributed by atoms with Gasteiger partial charge in [-0.05, 0) is 65.9 Å². The summed E-state index contributed by atoms with van der Waals surface area (Å²) < 4.78 is 11.3. The topological polar surface area (TPSA) is 50.7 Å². The molecule has 1 unspecified atom stereocenters. The van der Waals surface area contributed by atoms with Crippen LogP contribution < -0.4 is 14.8 Å². The smallest absolute Gasteiger partial charge is 0.123 e. The predicted octanol–water partition coefficient (Wildman–Crippen LogP) is 4.41. The van der Waals surface area contributed by atoms with Crippen LogP contribution in [-0.2, 0) is 19.4 Å². The first kappa shape index (κ1) is 18.4. The van der Waals surface area contributed by atoms with Gasteiger partial charge in [-0.3, -0.25) is 0 Å². The molecule has 1 aliphatic rings. The largest absolute Gasteiger partial charge is 0.508 e. The molecule has 4 rings (SSSR count). The third kappa shape index (κ3) is 4.29. The normalized spacial score (nSPS) is 15.7. The van der Waals surface area contributed by atoms with Crippen LogP contribution in [0.4, 0.5) is 0 Å². The Hall–Kier alpha value is -2.98. The number of rotatable bonds is 6. The molecule has 2 N–H and O–H groups in total. The highest BCUT2D eigenvalue weighted by Gasteiger charge is 2.21. The molecule has 3 aromatic carbocycles. The molecule has 144 valence electrons. The number of phenols is 1. The van der Waals surface area contributed by atoms with Crippen LogP contribution in [0.1, 0.15) is 28.3 Å². The van der Waals surface area contributed by atoms with Crippen molar-refractivity contribution in [3.8, 4) is 17.2 Å². The van der Waals surface area contributed by atoms with E-state index in [1.54, 1.807) is 13.2 Å². The molecule has 1 heterocycles. The molecule has 0 fully saturated rings. The third-order valence-electron chi connectivity index (χ3n) is 5.15. The zero-order valence-corrected chi connectivity index (χ0v) is 16.0. The van der Waals surface area contributed by atoms with E-state index in [1.165, 1.54) is 11.1 Å². The second kappa shape index (κ2) is 8.36. The van der Waals surface area contributed by atoms with E-state index in [-0.39, 0.29) is 11.8 Å². The van der Waals surface area contributed by atoms with Crippen LogP contribution in [-0.4, -0.2) is 18.8 Å². The Labute approximate surface area is 165 Å². The van der Waals surface area contributed by atoms with Crippen LogP contribution >= 0.6 is 0 Å². The van der Waals surface area contributed by atoms with Crippen molar-refractivity contribution in [3.05, 3.63) is 89.0 Å². The molecule has 4 nitrogen and oxygen atoms in total. The van der Waals surface area contributed by atoms with Crippen molar-refractivity contribution in [2.24, 2.45) is 0 Å². The van der Waals surface area contributed by atoms with E-state index in [4.69, 9.17) is 9.47 Å². The van der Waals surface area contributed by atoms with E-state index in [0.717, 1.165) is 36.3 Å². The van der Waals surface area contributed by atoms with Crippen LogP contribution in [0, 0.1) is 0 Å². The van der Waals surface area contributed by atoms with E-state index in [9.17, 15) is 5.11 Å². The van der Waals surface area contributed by atoms with E-state index in [1.807, 2.05) is 48.5 Å². The van der Waals surface area contributed by atoms with Crippen LogP contribution in [0.15, 0.2) is 66.7 Å². The van der Waals surface area contributed by atoms with E-state index >= 15 is 0 Å². The van der Waals surface area contributed by atoms with Crippen LogP contribution in [0.3, 0.4) is 0 Å². The number of methoxy groups -OCH3 is 1. The number of nitrogens with one attached hydrogen (secondary N) is 1. The first-order valence-corrected chi connectivity index (χ1v) is 9.61. The summed E-state index contributed by atoms with van der Waals surface area (Å²) in [5.41, 5.74) is 4.76. The molecule has 0 aromatic heterocycles. The highest BCUT2D eigenvalue weighted by molar-refractivity contribution is 5.42. The Morgan fingerprint density at radius 1 is 0.964 bits per heavy atom. The van der Waals surface area contributed by atoms with Gasteiger partial charge in [0.2, 0.25) is 0 Å². The minimum atomic E-state index is 0.207. The molecule has 1 aliphatic heterocycles. The molecule has 0 radical (unpaired) electrons. The first-order valence-electron chi connectivity index (χ1n) is 9.61. The van der Waals surface area contributed by atoms with Crippen LogP contribution in [0.25, 0.3) is 0 Å². The van der Waals surface area contributed by atoms with Gasteiger partial charge in [0.1, 0.15) is 23.9 Å². The van der Waals surface area contributed by atoms with E-state index in [0.29, 0.717) is 12.4 Å². The average molecular weight is 375 g/mol. The van der Waals surface area contributed by atoms with Crippen molar-refractivity contribution in [1.82, 2.24) is 5.32 Å². The third-order valence-corrected chi connectivity index (χ3v) is 5.15. The summed E-state index contributed by atoms with van der Waals surface area (Å²) in [5, 5.41) is 13.8. The number of phenolic OH excluding ortho intramolecular Hbond substituents is 1. The van der Waals surface area contributed by atoms with Gasteiger partial charge in [-0.1, -0.05) is 36.4 Å². The number of benzene rings is 3. The number of aromatic hydroxyl groups is 1. The maximum atomic E-state index is 10.2. The summed E-state index contributed by atoms with van der Waals surface area (Å²) in [5.74, 6) is 1.81. The second-order valence-corrected chi connectivity index (χ2v) is 7.14. The van der Waals surface area contributed by atoms with Gasteiger partial charge in [-0.2, -0.15) is 0 Å². The molecule has 0 aliphatic carbocycles. The summed E-state index contributed by atoms with van der Waals surface area (Å²) in [6.45, 7) is 1.41. The Balaban J connectivity index is 1.50. The summed E-state index contributed by atoms with van der Waals surface area (Å²) in [7, 11) is 1.70. The Morgan fingerprint density at radius 3 is 2.64 bits per heavy atom. The Kier molecular flexibility index (Phi) is 5.49. The van der Waals surface area contributed by atoms with Crippen molar-refractivity contribution in [3.63, 3.8) is 0 Å². The van der Waals surface area contributed by atoms with Crippen molar-refractivity contribution in [1.29, 1.82) is 0 Å². The Bertz CT molecular complexity index is 940. The van der Waals surface area contributed by atoms with Gasteiger partial charge in [0.25, 0.3) is 0 Å². The maximum Gasteiger partial charge on any atom is 0.123 e. The van der Waals surface area contributed by atoms with E-state index in [2.05, 4.69) is 17.4 Å². The molecule has 3 aromatic rings. The fourth-order valence-electron chi connectivity index (χ4n) is 3.76. The standard InChI is InChI=1S/C24H25NO3/c1-27-21-7-8-23-19(14-21)9-10-25-24(23)13-18-11-20(26)15-22(12-18)28-16-17-5-3-2-4-6-17/h2-8,11-12,14-15,24-26H,9-10,13,16H2,1H3. The molecule has 0 saturated carbocycles. The highest BCUT2D eigenvalue weighted by atomic mass is 16.5. The molecule has 0 amide bonds. The molecule has 0 spiro atoms. The predicted molar refractivity (Wildman–Crippen MR) is 110 cm³/mol. The zero-order chi connectivity index (χ0) is 19.3. The molecule has 1 atom stereocenters. The molecule has 4 heteroatoms. The van der Waals surface area contributed by atoms with Crippen molar-refractivity contribution >= 4 is 0 Å². The number of ether oxygens (including phenoxy) is 2. The Morgan fingerprint density at radius 2 is 1.82 bits per heavy atom. The lowest BCUT2D eigenvalue weighted by atomic mass is 9.90. The maximum absolute atomic E-state index is 10.2.